The summed E-state index contributed by atoms with van der Waals surface area (Å²) < 4.78 is 5.13. The molecule has 0 N–H and O–H groups in total. The van der Waals surface area contributed by atoms with Crippen LogP contribution in [0.2, 0.25) is 0 Å². The quantitative estimate of drug-likeness (QED) is 0.136. The first kappa shape index (κ1) is 49.7. The monoisotopic (exact) mass is 1100 g/mol. The van der Waals surface area contributed by atoms with E-state index in [9.17, 15) is 0 Å². The summed E-state index contributed by atoms with van der Waals surface area (Å²) in [5, 5.41) is 10.00. The highest BCUT2D eigenvalue weighted by molar-refractivity contribution is 6.29. The molecule has 0 fully saturated rings. The minimum absolute atomic E-state index is 1.11. The Morgan fingerprint density at radius 2 is 0.488 bits per heavy atom. The number of rotatable bonds is 10. The van der Waals surface area contributed by atoms with Crippen LogP contribution < -0.4 is 9.80 Å². The summed E-state index contributed by atoms with van der Waals surface area (Å²) in [5.74, 6) is 0. The Bertz CT molecular complexity index is 4980. The highest BCUT2D eigenvalue weighted by atomic mass is 15.2. The van der Waals surface area contributed by atoms with Crippen LogP contribution in [0.4, 0.5) is 34.1 Å². The van der Waals surface area contributed by atoms with Gasteiger partial charge in [-0.3, -0.25) is 0 Å². The second-order valence-electron chi connectivity index (χ2n) is 23.5. The van der Waals surface area contributed by atoms with Crippen molar-refractivity contribution in [2.24, 2.45) is 0 Å². The van der Waals surface area contributed by atoms with Crippen molar-refractivity contribution in [3.05, 3.63) is 301 Å². The van der Waals surface area contributed by atoms with Crippen LogP contribution >= 0.6 is 0 Å². The van der Waals surface area contributed by atoms with Crippen LogP contribution in [-0.2, 0) is 0 Å². The molecule has 13 aromatic carbocycles. The van der Waals surface area contributed by atoms with Gasteiger partial charge >= 0.3 is 0 Å². The third-order valence-electron chi connectivity index (χ3n) is 18.5. The lowest BCUT2D eigenvalue weighted by molar-refractivity contribution is 1.23. The molecule has 4 heteroatoms. The molecule has 0 aliphatic carbocycles. The van der Waals surface area contributed by atoms with E-state index in [-0.39, 0.29) is 0 Å². The van der Waals surface area contributed by atoms with Gasteiger partial charge in [0.1, 0.15) is 0 Å². The zero-order chi connectivity index (χ0) is 57.3. The van der Waals surface area contributed by atoms with Gasteiger partial charge in [-0.05, 0) is 155 Å². The van der Waals surface area contributed by atoms with E-state index in [2.05, 4.69) is 325 Å². The molecule has 17 aromatic rings. The molecule has 4 aromatic heterocycles. The molecule has 17 rings (SSSR count). The lowest BCUT2D eigenvalue weighted by Crippen LogP contribution is -2.13. The van der Waals surface area contributed by atoms with Crippen molar-refractivity contribution < 1.29 is 0 Å². The second kappa shape index (κ2) is 19.3. The van der Waals surface area contributed by atoms with Crippen molar-refractivity contribution in [3.63, 3.8) is 0 Å². The molecule has 0 bridgehead atoms. The van der Waals surface area contributed by atoms with E-state index >= 15 is 0 Å². The van der Waals surface area contributed by atoms with Gasteiger partial charge in [0.05, 0.1) is 33.1 Å². The SMILES string of the molecule is Cc1ccc(-c2ccccc2)cc1N(c1ccc2c3cccc4c5cc6c(cc5n(c2c1)c34)c1cccc2c3ccc(N(c4cc(-c5ccccc5)ccc4C)c4cc(-c5ccccc5)ccc4C)cc3n6c21)c1cc(-c2ccccc2)ccc1C. The van der Waals surface area contributed by atoms with Gasteiger partial charge in [-0.25, -0.2) is 0 Å². The number of aryl methyl sites for hydroxylation is 4. The molecule has 0 amide bonds. The van der Waals surface area contributed by atoms with Crippen molar-refractivity contribution in [1.82, 2.24) is 8.80 Å². The summed E-state index contributed by atoms with van der Waals surface area (Å²) in [7, 11) is 0. The van der Waals surface area contributed by atoms with E-state index in [1.165, 1.54) is 143 Å². The van der Waals surface area contributed by atoms with Crippen LogP contribution in [-0.4, -0.2) is 8.80 Å². The lowest BCUT2D eigenvalue weighted by Gasteiger charge is -2.30. The molecule has 0 saturated heterocycles. The van der Waals surface area contributed by atoms with E-state index in [0.29, 0.717) is 0 Å². The van der Waals surface area contributed by atoms with Gasteiger partial charge in [0.25, 0.3) is 0 Å². The Kier molecular flexibility index (Phi) is 11.2. The summed E-state index contributed by atoms with van der Waals surface area (Å²) in [5.41, 5.74) is 28.4. The molecule has 4 heterocycles. The van der Waals surface area contributed by atoms with E-state index < -0.39 is 0 Å². The first-order valence-electron chi connectivity index (χ1n) is 29.9. The predicted molar refractivity (Wildman–Crippen MR) is 366 cm³/mol. The largest absolute Gasteiger partial charge is 0.310 e. The second-order valence-corrected chi connectivity index (χ2v) is 23.5. The third kappa shape index (κ3) is 7.62. The number of hydrogen-bond acceptors (Lipinski definition) is 2. The van der Waals surface area contributed by atoms with Crippen molar-refractivity contribution >= 4 is 110 Å². The molecule has 0 aliphatic heterocycles. The Morgan fingerprint density at radius 3 is 0.791 bits per heavy atom. The summed E-state index contributed by atoms with van der Waals surface area (Å²) in [6.07, 6.45) is 0. The number of benzene rings is 13. The van der Waals surface area contributed by atoms with Crippen LogP contribution in [0.1, 0.15) is 22.3 Å². The molecule has 0 saturated carbocycles. The lowest BCUT2D eigenvalue weighted by atomic mass is 9.99. The van der Waals surface area contributed by atoms with Gasteiger partial charge in [-0.2, -0.15) is 0 Å². The minimum atomic E-state index is 1.11. The smallest absolute Gasteiger partial charge is 0.0620 e. The normalized spacial score (nSPS) is 12.0. The average molecular weight is 1100 g/mol. The first-order chi connectivity index (χ1) is 42.3. The number of fused-ring (bicyclic) bond motifs is 12. The van der Waals surface area contributed by atoms with Crippen LogP contribution in [0.25, 0.3) is 121 Å². The average Bonchev–Trinajstić information content (AvgIpc) is 1.60. The van der Waals surface area contributed by atoms with Crippen LogP contribution in [0.15, 0.2) is 279 Å². The van der Waals surface area contributed by atoms with Crippen molar-refractivity contribution in [1.29, 1.82) is 0 Å². The summed E-state index contributed by atoms with van der Waals surface area (Å²) >= 11 is 0. The zero-order valence-electron chi connectivity index (χ0n) is 48.3. The van der Waals surface area contributed by atoms with E-state index in [4.69, 9.17) is 0 Å². The molecule has 0 radical (unpaired) electrons. The molecule has 0 spiro atoms. The van der Waals surface area contributed by atoms with Crippen LogP contribution in [0, 0.1) is 27.7 Å². The highest BCUT2D eigenvalue weighted by Crippen LogP contribution is 2.49. The summed E-state index contributed by atoms with van der Waals surface area (Å²) in [6.45, 7) is 8.98. The van der Waals surface area contributed by atoms with E-state index in [0.717, 1.165) is 34.1 Å². The molecule has 86 heavy (non-hydrogen) atoms. The topological polar surface area (TPSA) is 15.3 Å². The maximum atomic E-state index is 2.57. The number of nitrogens with zero attached hydrogens (tertiary/aromatic N) is 4. The number of aromatic nitrogens is 2. The summed E-state index contributed by atoms with van der Waals surface area (Å²) in [4.78, 5) is 5.01. The molecule has 4 nitrogen and oxygen atoms in total. The van der Waals surface area contributed by atoms with Gasteiger partial charge in [0, 0.05) is 77.2 Å². The molecule has 406 valence electrons. The maximum absolute atomic E-state index is 2.57. The van der Waals surface area contributed by atoms with E-state index in [1.807, 2.05) is 0 Å². The number of para-hydroxylation sites is 2. The van der Waals surface area contributed by atoms with Crippen molar-refractivity contribution in [3.8, 4) is 44.5 Å². The van der Waals surface area contributed by atoms with E-state index in [1.54, 1.807) is 0 Å². The fraction of sp³-hybridized carbons (Fsp3) is 0.0488. The van der Waals surface area contributed by atoms with Gasteiger partial charge in [0.15, 0.2) is 0 Å². The number of hydrogen-bond donors (Lipinski definition) is 0. The molecule has 0 unspecified atom stereocenters. The van der Waals surface area contributed by atoms with Crippen molar-refractivity contribution in [2.45, 2.75) is 27.7 Å². The molecule has 0 atom stereocenters. The van der Waals surface area contributed by atoms with Crippen molar-refractivity contribution in [2.75, 3.05) is 9.80 Å². The fourth-order valence-corrected chi connectivity index (χ4v) is 14.2. The standard InChI is InChI=1S/C82H58N4/c1-51-31-35-59(55-19-9-5-10-20-55)43-73(51)83(74-44-60(36-32-52(74)2)56-21-11-6-12-22-56)63-39-41-65-67-27-17-29-69-71-50-80-72(49-79(71)85(81(67)69)77(65)47-63)70-30-18-28-68-66-42-40-64(48-78(66)86(80)82(68)70)84(75-45-61(37-33-53(75)3)57-23-13-7-14-24-57)76-46-62(38-34-54(76)4)58-25-15-8-16-26-58/h5-50H,1-4H3. The molecular formula is C82H58N4. The van der Waals surface area contributed by atoms with Gasteiger partial charge in [-0.15, -0.1) is 0 Å². The Hall–Kier alpha value is -10.9. The zero-order valence-corrected chi connectivity index (χ0v) is 48.3. The minimum Gasteiger partial charge on any atom is -0.310 e. The fourth-order valence-electron chi connectivity index (χ4n) is 14.2. The van der Waals surface area contributed by atoms with Crippen LogP contribution in [0.5, 0.6) is 0 Å². The highest BCUT2D eigenvalue weighted by Gasteiger charge is 2.27. The Balaban J connectivity index is 0.889. The number of anilines is 6. The Labute approximate surface area is 499 Å². The predicted octanol–water partition coefficient (Wildman–Crippen LogP) is 22.8. The first-order valence-corrected chi connectivity index (χ1v) is 29.9. The van der Waals surface area contributed by atoms with Gasteiger partial charge < -0.3 is 18.6 Å². The third-order valence-corrected chi connectivity index (χ3v) is 18.5. The van der Waals surface area contributed by atoms with Crippen LogP contribution in [0.3, 0.4) is 0 Å². The summed E-state index contributed by atoms with van der Waals surface area (Å²) in [6, 6.07) is 104. The Morgan fingerprint density at radius 1 is 0.209 bits per heavy atom. The van der Waals surface area contributed by atoms with Gasteiger partial charge in [-0.1, -0.05) is 218 Å². The van der Waals surface area contributed by atoms with Gasteiger partial charge in [0.2, 0.25) is 0 Å². The molecule has 0 aliphatic rings. The molecular weight excluding hydrogens is 1040 g/mol. The maximum Gasteiger partial charge on any atom is 0.0620 e.